The van der Waals surface area contributed by atoms with E-state index in [9.17, 15) is 0 Å². The first-order valence-electron chi connectivity index (χ1n) is 9.67. The average molecular weight is 384 g/mol. The summed E-state index contributed by atoms with van der Waals surface area (Å²) >= 11 is 5.69. The van der Waals surface area contributed by atoms with Crippen molar-refractivity contribution in [3.05, 3.63) is 84.4 Å². The van der Waals surface area contributed by atoms with Crippen molar-refractivity contribution in [2.45, 2.75) is 12.3 Å². The summed E-state index contributed by atoms with van der Waals surface area (Å²) in [6.45, 7) is 1.95. The van der Waals surface area contributed by atoms with E-state index >= 15 is 0 Å². The van der Waals surface area contributed by atoms with Gasteiger partial charge in [0.1, 0.15) is 0 Å². The second-order valence-electron chi connectivity index (χ2n) is 7.36. The molecule has 0 spiro atoms. The van der Waals surface area contributed by atoms with Gasteiger partial charge in [0.05, 0.1) is 11.0 Å². The zero-order chi connectivity index (χ0) is 18.9. The van der Waals surface area contributed by atoms with Crippen molar-refractivity contribution in [3.8, 4) is 0 Å². The van der Waals surface area contributed by atoms with Crippen molar-refractivity contribution in [1.82, 2.24) is 9.88 Å². The van der Waals surface area contributed by atoms with Crippen LogP contribution >= 0.6 is 12.2 Å². The number of pyridine rings is 1. The molecule has 0 bridgehead atoms. The van der Waals surface area contributed by atoms with Crippen molar-refractivity contribution in [3.63, 3.8) is 0 Å². The summed E-state index contributed by atoms with van der Waals surface area (Å²) < 4.78 is 0. The number of aromatic nitrogens is 1. The summed E-state index contributed by atoms with van der Waals surface area (Å²) in [5.74, 6) is 0.547. The zero-order valence-electron chi connectivity index (χ0n) is 15.5. The van der Waals surface area contributed by atoms with E-state index in [0.717, 1.165) is 52.1 Å². The molecule has 138 valence electrons. The largest absolute Gasteiger partial charge is 0.348 e. The molecule has 3 nitrogen and oxygen atoms in total. The molecule has 1 atom stereocenters. The minimum absolute atomic E-state index is 0.547. The highest BCUT2D eigenvalue weighted by Gasteiger charge is 2.25. The van der Waals surface area contributed by atoms with Crippen LogP contribution in [0.1, 0.15) is 17.9 Å². The van der Waals surface area contributed by atoms with Gasteiger partial charge in [0.2, 0.25) is 0 Å². The predicted octanol–water partition coefficient (Wildman–Crippen LogP) is 5.57. The molecular formula is C24H21N3S. The number of benzene rings is 3. The van der Waals surface area contributed by atoms with E-state index in [4.69, 9.17) is 17.2 Å². The first-order valence-corrected chi connectivity index (χ1v) is 10.1. The molecule has 5 rings (SSSR count). The number of anilines is 1. The van der Waals surface area contributed by atoms with Gasteiger partial charge < -0.3 is 10.2 Å². The van der Waals surface area contributed by atoms with Crippen LogP contribution < -0.4 is 5.32 Å². The summed E-state index contributed by atoms with van der Waals surface area (Å²) in [5.41, 5.74) is 4.38. The third-order valence-corrected chi connectivity index (χ3v) is 5.88. The van der Waals surface area contributed by atoms with Crippen LogP contribution in [0, 0.1) is 0 Å². The monoisotopic (exact) mass is 383 g/mol. The number of hydrogen-bond donors (Lipinski definition) is 1. The number of para-hydroxylation sites is 1. The lowest BCUT2D eigenvalue weighted by molar-refractivity contribution is 0.518. The summed E-state index contributed by atoms with van der Waals surface area (Å²) in [6, 6.07) is 27.4. The Labute approximate surface area is 170 Å². The Bertz CT molecular complexity index is 1160. The molecule has 1 N–H and O–H groups in total. The summed E-state index contributed by atoms with van der Waals surface area (Å²) in [7, 11) is 0. The first kappa shape index (κ1) is 17.1. The van der Waals surface area contributed by atoms with Crippen molar-refractivity contribution in [1.29, 1.82) is 0 Å². The number of hydrogen-bond acceptors (Lipinski definition) is 2. The summed E-state index contributed by atoms with van der Waals surface area (Å²) in [6.07, 6.45) is 1.14. The first-order chi connectivity index (χ1) is 13.8. The SMILES string of the molecule is S=C(Nc1ccc2cc3ccccc3nc2c1)N1CC[C@@H](c2ccccc2)C1. The molecule has 3 aromatic carbocycles. The van der Waals surface area contributed by atoms with E-state index in [-0.39, 0.29) is 0 Å². The maximum Gasteiger partial charge on any atom is 0.173 e. The van der Waals surface area contributed by atoms with Crippen LogP contribution in [0.25, 0.3) is 21.8 Å². The van der Waals surface area contributed by atoms with Crippen LogP contribution in [0.2, 0.25) is 0 Å². The lowest BCUT2D eigenvalue weighted by Crippen LogP contribution is -2.32. The fraction of sp³-hybridized carbons (Fsp3) is 0.167. The van der Waals surface area contributed by atoms with E-state index in [1.54, 1.807) is 0 Å². The summed E-state index contributed by atoms with van der Waals surface area (Å²) in [5, 5.41) is 6.51. The standard InChI is InChI=1S/C24H21N3S/c28-24(27-13-12-20(16-27)17-6-2-1-3-7-17)25-21-11-10-19-14-18-8-4-5-9-22(18)26-23(19)15-21/h1-11,14-15,20H,12-13,16H2,(H,25,28)/t20-/m1/s1. The number of thiocarbonyl (C=S) groups is 1. The van der Waals surface area contributed by atoms with Gasteiger partial charge in [-0.3, -0.25) is 0 Å². The highest BCUT2D eigenvalue weighted by Crippen LogP contribution is 2.28. The Hall–Kier alpha value is -2.98. The van der Waals surface area contributed by atoms with Gasteiger partial charge in [0, 0.05) is 35.5 Å². The van der Waals surface area contributed by atoms with E-state index < -0.39 is 0 Å². The van der Waals surface area contributed by atoms with Crippen LogP contribution in [0.4, 0.5) is 5.69 Å². The smallest absolute Gasteiger partial charge is 0.173 e. The molecule has 28 heavy (non-hydrogen) atoms. The molecule has 0 amide bonds. The Morgan fingerprint density at radius 3 is 2.57 bits per heavy atom. The minimum atomic E-state index is 0.547. The quantitative estimate of drug-likeness (QED) is 0.362. The van der Waals surface area contributed by atoms with Crippen LogP contribution in [-0.4, -0.2) is 28.1 Å². The molecule has 1 aliphatic rings. The Kier molecular flexibility index (Phi) is 4.41. The molecule has 1 fully saturated rings. The molecule has 0 unspecified atom stereocenters. The second kappa shape index (κ2) is 7.21. The number of rotatable bonds is 2. The summed E-state index contributed by atoms with van der Waals surface area (Å²) in [4.78, 5) is 7.07. The zero-order valence-corrected chi connectivity index (χ0v) is 16.3. The van der Waals surface area contributed by atoms with E-state index in [2.05, 4.69) is 70.9 Å². The molecule has 0 aliphatic carbocycles. The fourth-order valence-electron chi connectivity index (χ4n) is 3.99. The van der Waals surface area contributed by atoms with Crippen LogP contribution in [0.15, 0.2) is 78.9 Å². The van der Waals surface area contributed by atoms with E-state index in [1.165, 1.54) is 5.56 Å². The maximum atomic E-state index is 5.69. The van der Waals surface area contributed by atoms with Gasteiger partial charge in [0.25, 0.3) is 0 Å². The van der Waals surface area contributed by atoms with Gasteiger partial charge in [-0.15, -0.1) is 0 Å². The van der Waals surface area contributed by atoms with Gasteiger partial charge in [-0.25, -0.2) is 4.98 Å². The molecule has 1 saturated heterocycles. The van der Waals surface area contributed by atoms with Crippen molar-refractivity contribution >= 4 is 44.8 Å². The van der Waals surface area contributed by atoms with Gasteiger partial charge in [-0.05, 0) is 48.5 Å². The highest BCUT2D eigenvalue weighted by molar-refractivity contribution is 7.80. The Morgan fingerprint density at radius 2 is 1.68 bits per heavy atom. The number of likely N-dealkylation sites (tertiary alicyclic amines) is 1. The third kappa shape index (κ3) is 3.32. The fourth-order valence-corrected chi connectivity index (χ4v) is 4.28. The molecule has 4 heteroatoms. The van der Waals surface area contributed by atoms with E-state index in [0.29, 0.717) is 5.92 Å². The predicted molar refractivity (Wildman–Crippen MR) is 121 cm³/mol. The lowest BCUT2D eigenvalue weighted by atomic mass is 9.99. The second-order valence-corrected chi connectivity index (χ2v) is 7.75. The Balaban J connectivity index is 1.33. The molecular weight excluding hydrogens is 362 g/mol. The maximum absolute atomic E-state index is 5.69. The van der Waals surface area contributed by atoms with Crippen molar-refractivity contribution in [2.24, 2.45) is 0 Å². The molecule has 0 saturated carbocycles. The number of nitrogens with one attached hydrogen (secondary N) is 1. The molecule has 4 aromatic rings. The average Bonchev–Trinajstić information content (AvgIpc) is 3.23. The van der Waals surface area contributed by atoms with Crippen LogP contribution in [0.5, 0.6) is 0 Å². The lowest BCUT2D eigenvalue weighted by Gasteiger charge is -2.21. The van der Waals surface area contributed by atoms with Gasteiger partial charge in [0.15, 0.2) is 5.11 Å². The van der Waals surface area contributed by atoms with Gasteiger partial charge in [-0.1, -0.05) is 54.6 Å². The Morgan fingerprint density at radius 1 is 0.893 bits per heavy atom. The minimum Gasteiger partial charge on any atom is -0.348 e. The molecule has 0 radical (unpaired) electrons. The van der Waals surface area contributed by atoms with E-state index in [1.807, 2.05) is 18.2 Å². The van der Waals surface area contributed by atoms with Gasteiger partial charge >= 0.3 is 0 Å². The molecule has 1 aromatic heterocycles. The highest BCUT2D eigenvalue weighted by atomic mass is 32.1. The topological polar surface area (TPSA) is 28.2 Å². The normalized spacial score (nSPS) is 16.6. The van der Waals surface area contributed by atoms with Crippen molar-refractivity contribution < 1.29 is 0 Å². The van der Waals surface area contributed by atoms with Crippen molar-refractivity contribution in [2.75, 3.05) is 18.4 Å². The molecule has 1 aliphatic heterocycles. The third-order valence-electron chi connectivity index (χ3n) is 5.52. The molecule has 2 heterocycles. The van der Waals surface area contributed by atoms with Crippen LogP contribution in [-0.2, 0) is 0 Å². The number of nitrogens with zero attached hydrogens (tertiary/aromatic N) is 2. The van der Waals surface area contributed by atoms with Crippen LogP contribution in [0.3, 0.4) is 0 Å². The number of fused-ring (bicyclic) bond motifs is 2. The van der Waals surface area contributed by atoms with Gasteiger partial charge in [-0.2, -0.15) is 0 Å².